The van der Waals surface area contributed by atoms with Gasteiger partial charge in [0, 0.05) is 6.07 Å². The molecule has 1 aliphatic heterocycles. The van der Waals surface area contributed by atoms with Gasteiger partial charge in [0.2, 0.25) is 11.8 Å². The average Bonchev–Trinajstić information content (AvgIpc) is 3.39. The Morgan fingerprint density at radius 2 is 1.72 bits per heavy atom. The highest BCUT2D eigenvalue weighted by Gasteiger charge is 2.67. The van der Waals surface area contributed by atoms with E-state index in [0.717, 1.165) is 6.42 Å². The van der Waals surface area contributed by atoms with Gasteiger partial charge in [0.1, 0.15) is 5.75 Å². The van der Waals surface area contributed by atoms with E-state index in [-0.39, 0.29) is 46.9 Å². The molecule has 6 atom stereocenters. The van der Waals surface area contributed by atoms with Crippen molar-refractivity contribution in [1.82, 2.24) is 0 Å². The van der Waals surface area contributed by atoms with Gasteiger partial charge in [-0.05, 0) is 36.2 Å². The van der Waals surface area contributed by atoms with Crippen LogP contribution in [0.4, 0.5) is 11.4 Å². The first-order valence-electron chi connectivity index (χ1n) is 8.41. The number of anilines is 1. The van der Waals surface area contributed by atoms with Crippen LogP contribution in [0.3, 0.4) is 0 Å². The van der Waals surface area contributed by atoms with Crippen LogP contribution in [0.15, 0.2) is 30.4 Å². The summed E-state index contributed by atoms with van der Waals surface area (Å²) in [4.78, 5) is 37.8. The second-order valence-corrected chi connectivity index (χ2v) is 7.28. The van der Waals surface area contributed by atoms with E-state index < -0.39 is 4.92 Å². The molecule has 4 aliphatic carbocycles. The number of methoxy groups -OCH3 is 1. The van der Waals surface area contributed by atoms with E-state index in [9.17, 15) is 19.7 Å². The minimum Gasteiger partial charge on any atom is -0.494 e. The highest BCUT2D eigenvalue weighted by atomic mass is 16.6. The fraction of sp³-hybridized carbons (Fsp3) is 0.444. The van der Waals surface area contributed by atoms with E-state index in [0.29, 0.717) is 17.5 Å². The third-order valence-corrected chi connectivity index (χ3v) is 6.28. The molecule has 1 aromatic rings. The van der Waals surface area contributed by atoms with Crippen LogP contribution in [0.25, 0.3) is 0 Å². The molecular formula is C18H16N2O5. The minimum atomic E-state index is -0.530. The van der Waals surface area contributed by atoms with Gasteiger partial charge in [-0.25, -0.2) is 4.90 Å². The van der Waals surface area contributed by atoms with Gasteiger partial charge in [-0.1, -0.05) is 12.2 Å². The van der Waals surface area contributed by atoms with Crippen LogP contribution in [0.2, 0.25) is 0 Å². The molecule has 3 fully saturated rings. The van der Waals surface area contributed by atoms with Crippen molar-refractivity contribution in [3.05, 3.63) is 40.5 Å². The molecule has 7 heteroatoms. The quantitative estimate of drug-likeness (QED) is 0.364. The van der Waals surface area contributed by atoms with E-state index >= 15 is 0 Å². The van der Waals surface area contributed by atoms with E-state index in [4.69, 9.17) is 4.74 Å². The molecule has 2 saturated carbocycles. The third kappa shape index (κ3) is 1.75. The van der Waals surface area contributed by atoms with Crippen molar-refractivity contribution >= 4 is 23.2 Å². The lowest BCUT2D eigenvalue weighted by atomic mass is 9.63. The minimum absolute atomic E-state index is 0.139. The number of benzene rings is 1. The molecule has 0 radical (unpaired) electrons. The number of nitrogens with zero attached hydrogens (tertiary/aromatic N) is 2. The number of carbonyl (C=O) groups is 2. The average molecular weight is 340 g/mol. The second kappa shape index (κ2) is 4.68. The van der Waals surface area contributed by atoms with Gasteiger partial charge in [0.05, 0.1) is 35.6 Å². The van der Waals surface area contributed by atoms with Crippen molar-refractivity contribution in [1.29, 1.82) is 0 Å². The predicted octanol–water partition coefficient (Wildman–Crippen LogP) is 2.16. The molecule has 25 heavy (non-hydrogen) atoms. The molecular weight excluding hydrogens is 324 g/mol. The Hall–Kier alpha value is -2.70. The topological polar surface area (TPSA) is 89.8 Å². The number of nitro groups is 1. The molecule has 5 aliphatic rings. The van der Waals surface area contributed by atoms with Crippen molar-refractivity contribution in [2.75, 3.05) is 12.0 Å². The molecule has 2 amide bonds. The number of nitro benzene ring substituents is 1. The summed E-state index contributed by atoms with van der Waals surface area (Å²) in [7, 11) is 1.38. The Balaban J connectivity index is 1.57. The summed E-state index contributed by atoms with van der Waals surface area (Å²) in [5.74, 6) is 0.519. The summed E-state index contributed by atoms with van der Waals surface area (Å²) in [6.45, 7) is 0. The van der Waals surface area contributed by atoms with Gasteiger partial charge in [-0.15, -0.1) is 0 Å². The second-order valence-electron chi connectivity index (χ2n) is 7.28. The summed E-state index contributed by atoms with van der Waals surface area (Å²) >= 11 is 0. The number of carbonyl (C=O) groups excluding carboxylic acids is 2. The van der Waals surface area contributed by atoms with Crippen LogP contribution in [-0.4, -0.2) is 23.8 Å². The molecule has 1 aromatic carbocycles. The molecule has 128 valence electrons. The number of hydrogen-bond acceptors (Lipinski definition) is 5. The van der Waals surface area contributed by atoms with Crippen LogP contribution >= 0.6 is 0 Å². The molecule has 0 aromatic heterocycles. The number of hydrogen-bond donors (Lipinski definition) is 0. The first-order valence-corrected chi connectivity index (χ1v) is 8.41. The summed E-state index contributed by atoms with van der Waals surface area (Å²) < 4.78 is 5.23. The van der Waals surface area contributed by atoms with Crippen LogP contribution in [0, 0.1) is 45.6 Å². The highest BCUT2D eigenvalue weighted by Crippen LogP contribution is 2.65. The Labute approximate surface area is 143 Å². The van der Waals surface area contributed by atoms with E-state index in [1.807, 2.05) is 0 Å². The molecule has 0 spiro atoms. The van der Waals surface area contributed by atoms with Crippen LogP contribution in [0.1, 0.15) is 6.42 Å². The Bertz CT molecular complexity index is 827. The Morgan fingerprint density at radius 1 is 1.12 bits per heavy atom. The summed E-state index contributed by atoms with van der Waals surface area (Å²) in [5, 5.41) is 11.0. The first-order chi connectivity index (χ1) is 12.0. The molecule has 6 rings (SSSR count). The predicted molar refractivity (Wildman–Crippen MR) is 86.8 cm³/mol. The number of rotatable bonds is 3. The number of imide groups is 1. The molecule has 1 saturated heterocycles. The van der Waals surface area contributed by atoms with Crippen molar-refractivity contribution in [2.45, 2.75) is 6.42 Å². The van der Waals surface area contributed by atoms with Gasteiger partial charge in [0.25, 0.3) is 5.69 Å². The summed E-state index contributed by atoms with van der Waals surface area (Å²) in [6.07, 6.45) is 5.33. The number of ether oxygens (including phenoxy) is 1. The fourth-order valence-electron chi connectivity index (χ4n) is 5.16. The monoisotopic (exact) mass is 340 g/mol. The van der Waals surface area contributed by atoms with Crippen molar-refractivity contribution < 1.29 is 19.2 Å². The molecule has 0 N–H and O–H groups in total. The van der Waals surface area contributed by atoms with E-state index in [1.165, 1.54) is 30.2 Å². The largest absolute Gasteiger partial charge is 0.494 e. The smallest absolute Gasteiger partial charge is 0.273 e. The molecule has 1 heterocycles. The lowest BCUT2D eigenvalue weighted by Gasteiger charge is -2.37. The zero-order chi connectivity index (χ0) is 17.5. The zero-order valence-electron chi connectivity index (χ0n) is 13.5. The van der Waals surface area contributed by atoms with Crippen LogP contribution in [-0.2, 0) is 9.59 Å². The van der Waals surface area contributed by atoms with Gasteiger partial charge >= 0.3 is 0 Å². The van der Waals surface area contributed by atoms with Gasteiger partial charge < -0.3 is 4.74 Å². The van der Waals surface area contributed by atoms with E-state index in [2.05, 4.69) is 12.2 Å². The van der Waals surface area contributed by atoms with Crippen molar-refractivity contribution in [2.24, 2.45) is 35.5 Å². The maximum absolute atomic E-state index is 13.1. The fourth-order valence-corrected chi connectivity index (χ4v) is 5.16. The standard InChI is InChI=1S/C18H16N2O5/c1-25-14-6-8(20(23)24)2-5-13(14)19-17(21)15-9-3-4-10(12-7-11(9)12)16(15)18(19)22/h2-6,9-12,15-16H,7H2,1H3/t9-,10-,11-,12+,15-,16-/m1/s1. The molecule has 2 bridgehead atoms. The Morgan fingerprint density at radius 3 is 2.24 bits per heavy atom. The molecule has 7 nitrogen and oxygen atoms in total. The van der Waals surface area contributed by atoms with Crippen LogP contribution in [0.5, 0.6) is 5.75 Å². The number of amides is 2. The maximum Gasteiger partial charge on any atom is 0.273 e. The maximum atomic E-state index is 13.1. The summed E-state index contributed by atoms with van der Waals surface area (Å²) in [5.41, 5.74) is 0.158. The Kier molecular flexibility index (Phi) is 2.74. The first kappa shape index (κ1) is 14.6. The lowest BCUT2D eigenvalue weighted by Crippen LogP contribution is -2.40. The van der Waals surface area contributed by atoms with Gasteiger partial charge in [-0.3, -0.25) is 19.7 Å². The van der Waals surface area contributed by atoms with Gasteiger partial charge in [0.15, 0.2) is 0 Å². The highest BCUT2D eigenvalue weighted by molar-refractivity contribution is 6.23. The molecule has 0 unspecified atom stereocenters. The lowest BCUT2D eigenvalue weighted by molar-refractivity contribution is -0.384. The normalized spacial score (nSPS) is 37.1. The SMILES string of the molecule is COc1cc([N+](=O)[O-])ccc1N1C(=O)[C@@H]2[C@@H]3C=C[C@H]([C@@H]4C[C@H]34)[C@H]2C1=O. The third-order valence-electron chi connectivity index (χ3n) is 6.28. The zero-order valence-corrected chi connectivity index (χ0v) is 13.5. The van der Waals surface area contributed by atoms with E-state index in [1.54, 1.807) is 0 Å². The summed E-state index contributed by atoms with van der Waals surface area (Å²) in [6, 6.07) is 3.98. The number of non-ortho nitro benzene ring substituents is 1. The van der Waals surface area contributed by atoms with Crippen LogP contribution < -0.4 is 9.64 Å². The van der Waals surface area contributed by atoms with Crippen molar-refractivity contribution in [3.8, 4) is 5.75 Å². The van der Waals surface area contributed by atoms with Crippen molar-refractivity contribution in [3.63, 3.8) is 0 Å². The number of allylic oxidation sites excluding steroid dienone is 2. The van der Waals surface area contributed by atoms with Gasteiger partial charge in [-0.2, -0.15) is 0 Å².